The van der Waals surface area contributed by atoms with Crippen molar-refractivity contribution in [3.63, 3.8) is 0 Å². The highest BCUT2D eigenvalue weighted by molar-refractivity contribution is 9.10. The molecule has 1 heterocycles. The molecule has 0 saturated carbocycles. The molecule has 0 fully saturated rings. The summed E-state index contributed by atoms with van der Waals surface area (Å²) in [7, 11) is 1.61. The molecule has 5 nitrogen and oxygen atoms in total. The van der Waals surface area contributed by atoms with Crippen LogP contribution in [0.2, 0.25) is 0 Å². The number of ether oxygens (including phenoxy) is 1. The third kappa shape index (κ3) is 3.39. The minimum atomic E-state index is -0.171. The van der Waals surface area contributed by atoms with E-state index in [0.29, 0.717) is 23.3 Å². The van der Waals surface area contributed by atoms with Crippen molar-refractivity contribution in [3.8, 4) is 5.75 Å². The standard InChI is InChI=1S/C14H16BrN3O2/c1-10-5-3-4-6-12(10)20-8-7-16-11-9-17-18(2)14(19)13(11)15/h3-6,9,16H,7-8H2,1-2H3. The molecular formula is C14H16BrN3O2. The lowest BCUT2D eigenvalue weighted by Gasteiger charge is -2.11. The predicted octanol–water partition coefficient (Wildman–Crippen LogP) is 2.34. The summed E-state index contributed by atoms with van der Waals surface area (Å²) in [5.74, 6) is 0.871. The van der Waals surface area contributed by atoms with Gasteiger partial charge in [-0.05, 0) is 34.5 Å². The number of nitrogens with one attached hydrogen (secondary N) is 1. The van der Waals surface area contributed by atoms with Gasteiger partial charge >= 0.3 is 0 Å². The second-order valence-corrected chi connectivity index (χ2v) is 5.13. The van der Waals surface area contributed by atoms with E-state index < -0.39 is 0 Å². The van der Waals surface area contributed by atoms with Gasteiger partial charge in [0, 0.05) is 13.6 Å². The van der Waals surface area contributed by atoms with Gasteiger partial charge in [-0.25, -0.2) is 4.68 Å². The van der Waals surface area contributed by atoms with E-state index in [2.05, 4.69) is 26.3 Å². The van der Waals surface area contributed by atoms with Crippen LogP contribution in [0.15, 0.2) is 39.7 Å². The Labute approximate surface area is 125 Å². The molecule has 0 aliphatic carbocycles. The fraction of sp³-hybridized carbons (Fsp3) is 0.286. The van der Waals surface area contributed by atoms with Gasteiger partial charge < -0.3 is 10.1 Å². The van der Waals surface area contributed by atoms with Crippen LogP contribution in [-0.2, 0) is 7.05 Å². The van der Waals surface area contributed by atoms with Crippen molar-refractivity contribution >= 4 is 21.6 Å². The molecule has 1 N–H and O–H groups in total. The van der Waals surface area contributed by atoms with E-state index in [1.165, 1.54) is 4.68 Å². The van der Waals surface area contributed by atoms with Crippen molar-refractivity contribution in [1.82, 2.24) is 9.78 Å². The first-order chi connectivity index (χ1) is 9.59. The van der Waals surface area contributed by atoms with Crippen LogP contribution in [-0.4, -0.2) is 22.9 Å². The Kier molecular flexibility index (Phi) is 4.79. The number of benzene rings is 1. The molecule has 0 amide bonds. The molecule has 0 bridgehead atoms. The number of anilines is 1. The fourth-order valence-corrected chi connectivity index (χ4v) is 2.20. The Bertz CT molecular complexity index is 655. The van der Waals surface area contributed by atoms with Crippen LogP contribution in [0.5, 0.6) is 5.75 Å². The minimum Gasteiger partial charge on any atom is -0.491 e. The highest BCUT2D eigenvalue weighted by Crippen LogP contribution is 2.17. The van der Waals surface area contributed by atoms with Crippen molar-refractivity contribution < 1.29 is 4.74 Å². The first-order valence-electron chi connectivity index (χ1n) is 6.23. The fourth-order valence-electron chi connectivity index (χ4n) is 1.70. The van der Waals surface area contributed by atoms with Crippen LogP contribution >= 0.6 is 15.9 Å². The molecule has 6 heteroatoms. The molecule has 0 saturated heterocycles. The summed E-state index contributed by atoms with van der Waals surface area (Å²) in [6.07, 6.45) is 1.61. The lowest BCUT2D eigenvalue weighted by atomic mass is 10.2. The second-order valence-electron chi connectivity index (χ2n) is 4.34. The lowest BCUT2D eigenvalue weighted by molar-refractivity contribution is 0.330. The molecule has 106 valence electrons. The van der Waals surface area contributed by atoms with Crippen molar-refractivity contribution in [1.29, 1.82) is 0 Å². The SMILES string of the molecule is Cc1ccccc1OCCNc1cnn(C)c(=O)c1Br. The van der Waals surface area contributed by atoms with Crippen LogP contribution < -0.4 is 15.6 Å². The van der Waals surface area contributed by atoms with Crippen LogP contribution in [0.3, 0.4) is 0 Å². The summed E-state index contributed by atoms with van der Waals surface area (Å²) in [5.41, 5.74) is 1.60. The number of hydrogen-bond acceptors (Lipinski definition) is 4. The zero-order chi connectivity index (χ0) is 14.5. The average molecular weight is 338 g/mol. The quantitative estimate of drug-likeness (QED) is 0.851. The molecule has 1 aromatic heterocycles. The molecule has 0 radical (unpaired) electrons. The van der Waals surface area contributed by atoms with Crippen molar-refractivity contribution in [2.75, 3.05) is 18.5 Å². The summed E-state index contributed by atoms with van der Waals surface area (Å²) < 4.78 is 7.43. The average Bonchev–Trinajstić information content (AvgIpc) is 2.45. The lowest BCUT2D eigenvalue weighted by Crippen LogP contribution is -2.22. The highest BCUT2D eigenvalue weighted by Gasteiger charge is 2.06. The first-order valence-corrected chi connectivity index (χ1v) is 7.03. The van der Waals surface area contributed by atoms with Gasteiger partial charge in [-0.2, -0.15) is 5.10 Å². The van der Waals surface area contributed by atoms with Gasteiger partial charge in [-0.3, -0.25) is 4.79 Å². The molecular weight excluding hydrogens is 322 g/mol. The van der Waals surface area contributed by atoms with Crippen molar-refractivity contribution in [3.05, 3.63) is 50.9 Å². The van der Waals surface area contributed by atoms with Crippen LogP contribution in [0.4, 0.5) is 5.69 Å². The molecule has 0 unspecified atom stereocenters. The summed E-state index contributed by atoms with van der Waals surface area (Å²) in [6.45, 7) is 3.10. The maximum absolute atomic E-state index is 11.7. The van der Waals surface area contributed by atoms with Gasteiger partial charge in [0.2, 0.25) is 0 Å². The van der Waals surface area contributed by atoms with E-state index in [9.17, 15) is 4.79 Å². The van der Waals surface area contributed by atoms with Gasteiger partial charge in [0.05, 0.1) is 11.9 Å². The Balaban J connectivity index is 1.90. The molecule has 1 aromatic carbocycles. The number of nitrogens with zero attached hydrogens (tertiary/aromatic N) is 2. The van der Waals surface area contributed by atoms with E-state index in [1.54, 1.807) is 13.2 Å². The number of halogens is 1. The zero-order valence-electron chi connectivity index (χ0n) is 11.4. The molecule has 2 aromatic rings. The summed E-state index contributed by atoms with van der Waals surface area (Å²) in [4.78, 5) is 11.7. The van der Waals surface area contributed by atoms with E-state index in [0.717, 1.165) is 11.3 Å². The largest absolute Gasteiger partial charge is 0.491 e. The predicted molar refractivity (Wildman–Crippen MR) is 82.3 cm³/mol. The summed E-state index contributed by atoms with van der Waals surface area (Å²) in [6, 6.07) is 7.86. The second kappa shape index (κ2) is 6.56. The molecule has 0 spiro atoms. The van der Waals surface area contributed by atoms with Gasteiger partial charge in [-0.1, -0.05) is 18.2 Å². The van der Waals surface area contributed by atoms with Crippen molar-refractivity contribution in [2.45, 2.75) is 6.92 Å². The van der Waals surface area contributed by atoms with Crippen LogP contribution in [0.25, 0.3) is 0 Å². The summed E-state index contributed by atoms with van der Waals surface area (Å²) >= 11 is 3.26. The normalized spacial score (nSPS) is 10.3. The number of aryl methyl sites for hydroxylation is 2. The van der Waals surface area contributed by atoms with Crippen molar-refractivity contribution in [2.24, 2.45) is 7.05 Å². The Morgan fingerprint density at radius 3 is 2.90 bits per heavy atom. The van der Waals surface area contributed by atoms with E-state index in [-0.39, 0.29) is 5.56 Å². The molecule has 0 atom stereocenters. The minimum absolute atomic E-state index is 0.171. The maximum Gasteiger partial charge on any atom is 0.282 e. The number of hydrogen-bond donors (Lipinski definition) is 1. The first kappa shape index (κ1) is 14.6. The molecule has 2 rings (SSSR count). The number of para-hydroxylation sites is 1. The van der Waals surface area contributed by atoms with E-state index in [4.69, 9.17) is 4.74 Å². The Hall–Kier alpha value is -1.82. The van der Waals surface area contributed by atoms with Crippen LogP contribution in [0.1, 0.15) is 5.56 Å². The van der Waals surface area contributed by atoms with Gasteiger partial charge in [0.15, 0.2) is 0 Å². The number of rotatable bonds is 5. The van der Waals surface area contributed by atoms with E-state index >= 15 is 0 Å². The topological polar surface area (TPSA) is 56.1 Å². The highest BCUT2D eigenvalue weighted by atomic mass is 79.9. The number of aromatic nitrogens is 2. The molecule has 0 aliphatic rings. The third-order valence-corrected chi connectivity index (χ3v) is 3.61. The molecule has 20 heavy (non-hydrogen) atoms. The summed E-state index contributed by atoms with van der Waals surface area (Å²) in [5, 5.41) is 7.08. The Morgan fingerprint density at radius 2 is 2.15 bits per heavy atom. The monoisotopic (exact) mass is 337 g/mol. The van der Waals surface area contributed by atoms with Crippen LogP contribution in [0, 0.1) is 6.92 Å². The van der Waals surface area contributed by atoms with Gasteiger partial charge in [-0.15, -0.1) is 0 Å². The third-order valence-electron chi connectivity index (χ3n) is 2.85. The smallest absolute Gasteiger partial charge is 0.282 e. The maximum atomic E-state index is 11.7. The zero-order valence-corrected chi connectivity index (χ0v) is 13.0. The molecule has 0 aliphatic heterocycles. The van der Waals surface area contributed by atoms with E-state index in [1.807, 2.05) is 31.2 Å². The van der Waals surface area contributed by atoms with Gasteiger partial charge in [0.25, 0.3) is 5.56 Å². The van der Waals surface area contributed by atoms with Gasteiger partial charge in [0.1, 0.15) is 16.8 Å². The Morgan fingerprint density at radius 1 is 1.40 bits per heavy atom.